The topological polar surface area (TPSA) is 64.6 Å². The monoisotopic (exact) mass is 453 g/mol. The molecule has 0 fully saturated rings. The largest absolute Gasteiger partial charge is 0.495 e. The lowest BCUT2D eigenvalue weighted by Gasteiger charge is -2.41. The molecule has 0 spiro atoms. The van der Waals surface area contributed by atoms with E-state index in [4.69, 9.17) is 9.47 Å². The quantitative estimate of drug-likeness (QED) is 0.680. The van der Waals surface area contributed by atoms with Crippen molar-refractivity contribution in [3.05, 3.63) is 52.5 Å². The highest BCUT2D eigenvalue weighted by atomic mass is 79.9. The second-order valence-electron chi connectivity index (χ2n) is 6.70. The second kappa shape index (κ2) is 7.81. The number of hydrogen-bond donors (Lipinski definition) is 1. The molecular formula is C20H24BrNO4S. The van der Waals surface area contributed by atoms with E-state index in [-0.39, 0.29) is 16.5 Å². The Kier molecular flexibility index (Phi) is 5.84. The molecule has 1 aliphatic heterocycles. The van der Waals surface area contributed by atoms with Crippen molar-refractivity contribution in [3.63, 3.8) is 0 Å². The number of benzene rings is 2. The first-order valence-electron chi connectivity index (χ1n) is 8.98. The van der Waals surface area contributed by atoms with Crippen molar-refractivity contribution in [2.24, 2.45) is 0 Å². The molecule has 146 valence electrons. The smallest absolute Gasteiger partial charge is 0.244 e. The van der Waals surface area contributed by atoms with E-state index in [1.807, 2.05) is 24.3 Å². The molecule has 0 aliphatic carbocycles. The van der Waals surface area contributed by atoms with Crippen molar-refractivity contribution in [2.75, 3.05) is 7.11 Å². The van der Waals surface area contributed by atoms with E-state index in [0.717, 1.165) is 24.2 Å². The van der Waals surface area contributed by atoms with Gasteiger partial charge in [-0.1, -0.05) is 48.0 Å². The SMILES string of the molecule is CCC1(CC)C[C@H](NS(=O)(=O)c2cc(Br)ccc2OC)c2ccccc2O1. The third-order valence-corrected chi connectivity index (χ3v) is 7.18. The molecule has 1 atom stereocenters. The standard InChI is InChI=1S/C20H24BrNO4S/c1-4-20(5-2)13-16(15-8-6-7-9-17(15)26-20)22-27(23,24)19-12-14(21)10-11-18(19)25-3/h6-12,16,22H,4-5,13H2,1-3H3/t16-/m0/s1. The minimum absolute atomic E-state index is 0.113. The first-order chi connectivity index (χ1) is 12.8. The van der Waals surface area contributed by atoms with Gasteiger partial charge in [0, 0.05) is 16.5 Å². The summed E-state index contributed by atoms with van der Waals surface area (Å²) in [4.78, 5) is 0.113. The summed E-state index contributed by atoms with van der Waals surface area (Å²) in [6, 6.07) is 12.2. The van der Waals surface area contributed by atoms with Crippen LogP contribution >= 0.6 is 15.9 Å². The molecule has 5 nitrogen and oxygen atoms in total. The number of methoxy groups -OCH3 is 1. The maximum Gasteiger partial charge on any atom is 0.244 e. The molecule has 3 rings (SSSR count). The Hall–Kier alpha value is -1.57. The first kappa shape index (κ1) is 20.2. The summed E-state index contributed by atoms with van der Waals surface area (Å²) in [7, 11) is -2.33. The van der Waals surface area contributed by atoms with Gasteiger partial charge in [0.25, 0.3) is 0 Å². The van der Waals surface area contributed by atoms with Gasteiger partial charge in [0.2, 0.25) is 10.0 Å². The summed E-state index contributed by atoms with van der Waals surface area (Å²) in [6.45, 7) is 4.14. The number of para-hydroxylation sites is 1. The van der Waals surface area contributed by atoms with Gasteiger partial charge in [-0.3, -0.25) is 0 Å². The van der Waals surface area contributed by atoms with Crippen LogP contribution in [-0.4, -0.2) is 21.1 Å². The Morgan fingerprint density at radius 2 is 1.93 bits per heavy atom. The van der Waals surface area contributed by atoms with Crippen molar-refractivity contribution in [1.82, 2.24) is 4.72 Å². The molecule has 0 amide bonds. The van der Waals surface area contributed by atoms with Crippen LogP contribution in [-0.2, 0) is 10.0 Å². The Labute approximate surface area is 169 Å². The molecule has 0 aromatic heterocycles. The minimum Gasteiger partial charge on any atom is -0.495 e. The van der Waals surface area contributed by atoms with E-state index in [2.05, 4.69) is 34.5 Å². The van der Waals surface area contributed by atoms with Crippen molar-refractivity contribution < 1.29 is 17.9 Å². The molecule has 1 N–H and O–H groups in total. The fourth-order valence-electron chi connectivity index (χ4n) is 3.52. The van der Waals surface area contributed by atoms with E-state index < -0.39 is 10.0 Å². The lowest BCUT2D eigenvalue weighted by Crippen LogP contribution is -2.44. The van der Waals surface area contributed by atoms with E-state index in [1.54, 1.807) is 18.2 Å². The van der Waals surface area contributed by atoms with Crippen LogP contribution in [0.3, 0.4) is 0 Å². The number of halogens is 1. The molecule has 1 heterocycles. The zero-order valence-corrected chi connectivity index (χ0v) is 18.1. The number of fused-ring (bicyclic) bond motifs is 1. The van der Waals surface area contributed by atoms with Crippen molar-refractivity contribution in [1.29, 1.82) is 0 Å². The molecule has 0 saturated carbocycles. The molecular weight excluding hydrogens is 430 g/mol. The Morgan fingerprint density at radius 1 is 1.22 bits per heavy atom. The van der Waals surface area contributed by atoms with E-state index in [1.165, 1.54) is 7.11 Å². The summed E-state index contributed by atoms with van der Waals surface area (Å²) in [5, 5.41) is 0. The second-order valence-corrected chi connectivity index (χ2v) is 9.30. The summed E-state index contributed by atoms with van der Waals surface area (Å²) in [6.07, 6.45) is 2.18. The maximum atomic E-state index is 13.2. The van der Waals surface area contributed by atoms with E-state index in [0.29, 0.717) is 16.6 Å². The molecule has 0 radical (unpaired) electrons. The Morgan fingerprint density at radius 3 is 2.59 bits per heavy atom. The molecule has 7 heteroatoms. The van der Waals surface area contributed by atoms with Gasteiger partial charge in [-0.2, -0.15) is 0 Å². The number of ether oxygens (including phenoxy) is 2. The van der Waals surface area contributed by atoms with Gasteiger partial charge < -0.3 is 9.47 Å². The van der Waals surface area contributed by atoms with Crippen molar-refractivity contribution in [3.8, 4) is 11.5 Å². The normalized spacial score (nSPS) is 18.4. The van der Waals surface area contributed by atoms with Gasteiger partial charge >= 0.3 is 0 Å². The number of rotatable bonds is 6. The Bertz CT molecular complexity index is 925. The van der Waals surface area contributed by atoms with E-state index in [9.17, 15) is 8.42 Å². The summed E-state index contributed by atoms with van der Waals surface area (Å²) >= 11 is 3.34. The number of nitrogens with one attached hydrogen (secondary N) is 1. The van der Waals surface area contributed by atoms with Gasteiger partial charge in [-0.25, -0.2) is 13.1 Å². The highest BCUT2D eigenvalue weighted by molar-refractivity contribution is 9.10. The van der Waals surface area contributed by atoms with Crippen molar-refractivity contribution in [2.45, 2.75) is 49.6 Å². The van der Waals surface area contributed by atoms with Crippen LogP contribution in [0.2, 0.25) is 0 Å². The van der Waals surface area contributed by atoms with Crippen LogP contribution in [0, 0.1) is 0 Å². The van der Waals surface area contributed by atoms with Gasteiger partial charge in [0.1, 0.15) is 22.0 Å². The molecule has 0 unspecified atom stereocenters. The highest BCUT2D eigenvalue weighted by Gasteiger charge is 2.40. The van der Waals surface area contributed by atoms with Crippen LogP contribution in [0.15, 0.2) is 51.8 Å². The van der Waals surface area contributed by atoms with E-state index >= 15 is 0 Å². The summed E-state index contributed by atoms with van der Waals surface area (Å²) < 4.78 is 41.4. The maximum absolute atomic E-state index is 13.2. The predicted molar refractivity (Wildman–Crippen MR) is 109 cm³/mol. The molecule has 1 aliphatic rings. The molecule has 0 bridgehead atoms. The van der Waals surface area contributed by atoms with Crippen LogP contribution in [0.1, 0.15) is 44.7 Å². The average Bonchev–Trinajstić information content (AvgIpc) is 2.67. The zero-order valence-electron chi connectivity index (χ0n) is 15.7. The lowest BCUT2D eigenvalue weighted by atomic mass is 9.84. The number of hydrogen-bond acceptors (Lipinski definition) is 4. The van der Waals surface area contributed by atoms with Crippen molar-refractivity contribution >= 4 is 26.0 Å². The fraction of sp³-hybridized carbons (Fsp3) is 0.400. The van der Waals surface area contributed by atoms with Gasteiger partial charge in [0.05, 0.1) is 13.2 Å². The zero-order chi connectivity index (χ0) is 19.7. The molecule has 27 heavy (non-hydrogen) atoms. The molecule has 2 aromatic carbocycles. The summed E-state index contributed by atoms with van der Waals surface area (Å²) in [5.74, 6) is 1.05. The molecule has 0 saturated heterocycles. The van der Waals surface area contributed by atoms with Gasteiger partial charge in [0.15, 0.2) is 0 Å². The first-order valence-corrected chi connectivity index (χ1v) is 11.3. The molecule has 2 aromatic rings. The highest BCUT2D eigenvalue weighted by Crippen LogP contribution is 2.43. The average molecular weight is 454 g/mol. The predicted octanol–water partition coefficient (Wildman–Crippen LogP) is 4.82. The minimum atomic E-state index is -3.80. The summed E-state index contributed by atoms with van der Waals surface area (Å²) in [5.41, 5.74) is 0.468. The van der Waals surface area contributed by atoms with Gasteiger partial charge in [-0.05, 0) is 37.1 Å². The number of sulfonamides is 1. The van der Waals surface area contributed by atoms with Crippen LogP contribution in [0.25, 0.3) is 0 Å². The van der Waals surface area contributed by atoms with Crippen LogP contribution in [0.5, 0.6) is 11.5 Å². The van der Waals surface area contributed by atoms with Crippen LogP contribution < -0.4 is 14.2 Å². The van der Waals surface area contributed by atoms with Gasteiger partial charge in [-0.15, -0.1) is 0 Å². The fourth-order valence-corrected chi connectivity index (χ4v) is 5.44. The van der Waals surface area contributed by atoms with Crippen LogP contribution in [0.4, 0.5) is 0 Å². The third-order valence-electron chi connectivity index (χ3n) is 5.20. The lowest BCUT2D eigenvalue weighted by molar-refractivity contribution is 0.0260. The Balaban J connectivity index is 2.02. The third kappa shape index (κ3) is 4.00.